The average Bonchev–Trinajstić information content (AvgIpc) is 2.91. The van der Waals surface area contributed by atoms with E-state index < -0.39 is 40.9 Å². The first-order valence-corrected chi connectivity index (χ1v) is 13.9. The third kappa shape index (κ3) is 11.7. The van der Waals surface area contributed by atoms with E-state index in [-0.39, 0.29) is 23.7 Å². The summed E-state index contributed by atoms with van der Waals surface area (Å²) in [5, 5.41) is 40.5. The number of carbonyl (C=O) groups is 1. The van der Waals surface area contributed by atoms with E-state index in [0.29, 0.717) is 23.1 Å². The smallest absolute Gasteiger partial charge is 0.490 e. The third-order valence-electron chi connectivity index (χ3n) is 5.57. The van der Waals surface area contributed by atoms with Gasteiger partial charge in [0.05, 0.1) is 29.7 Å². The van der Waals surface area contributed by atoms with Crippen molar-refractivity contribution in [1.29, 1.82) is 5.26 Å². The van der Waals surface area contributed by atoms with Crippen LogP contribution < -0.4 is 14.8 Å². The topological polar surface area (TPSA) is 169 Å². The van der Waals surface area contributed by atoms with Crippen molar-refractivity contribution in [2.24, 2.45) is 0 Å². The molecule has 0 aliphatic heterocycles. The Labute approximate surface area is 243 Å². The number of sulfonamides is 1. The molecule has 3 aromatic rings. The summed E-state index contributed by atoms with van der Waals surface area (Å²) in [5.74, 6) is -3.05. The summed E-state index contributed by atoms with van der Waals surface area (Å²) >= 11 is 0. The minimum absolute atomic E-state index is 0.0000381. The van der Waals surface area contributed by atoms with Crippen LogP contribution in [0.25, 0.3) is 0 Å². The molecule has 0 aliphatic rings. The first-order chi connectivity index (χ1) is 20.0. The van der Waals surface area contributed by atoms with Crippen molar-refractivity contribution in [2.75, 3.05) is 17.5 Å². The van der Waals surface area contributed by atoms with Crippen LogP contribution in [0.3, 0.4) is 0 Å². The number of carboxylic acid groups (broad SMARTS) is 1. The van der Waals surface area contributed by atoms with Gasteiger partial charge in [0.2, 0.25) is 10.0 Å². The number of hydrogen-bond donors (Lipinski definition) is 5. The molecule has 10 nitrogen and oxygen atoms in total. The first-order valence-electron chi connectivity index (χ1n) is 12.0. The van der Waals surface area contributed by atoms with Gasteiger partial charge in [-0.25, -0.2) is 13.2 Å². The highest BCUT2D eigenvalue weighted by Crippen LogP contribution is 2.29. The second-order valence-electron chi connectivity index (χ2n) is 8.85. The Kier molecular flexibility index (Phi) is 12.2. The van der Waals surface area contributed by atoms with Crippen molar-refractivity contribution in [3.8, 4) is 17.6 Å². The fourth-order valence-electron chi connectivity index (χ4n) is 3.63. The van der Waals surface area contributed by atoms with Crippen LogP contribution in [0.5, 0.6) is 11.5 Å². The Morgan fingerprint density at radius 1 is 1.05 bits per heavy atom. The van der Waals surface area contributed by atoms with Crippen LogP contribution in [-0.4, -0.2) is 55.3 Å². The van der Waals surface area contributed by atoms with Crippen LogP contribution in [0.1, 0.15) is 34.4 Å². The Bertz CT molecular complexity index is 1530. The monoisotopic (exact) mass is 631 g/mol. The number of anilines is 1. The van der Waals surface area contributed by atoms with Crippen molar-refractivity contribution in [3.05, 3.63) is 89.0 Å². The maximum Gasteiger partial charge on any atom is 0.490 e. The summed E-state index contributed by atoms with van der Waals surface area (Å²) in [6.45, 7) is -2.92. The highest BCUT2D eigenvalue weighted by Gasteiger charge is 2.38. The minimum Gasteiger partial charge on any atom is -0.506 e. The summed E-state index contributed by atoms with van der Waals surface area (Å²) in [7, 11) is -3.65. The number of aliphatic hydroxyl groups excluding tert-OH is 1. The number of aliphatic carboxylic acids is 1. The number of hydrogen-bond acceptors (Lipinski definition) is 8. The highest BCUT2D eigenvalue weighted by atomic mass is 32.2. The van der Waals surface area contributed by atoms with Crippen LogP contribution in [-0.2, 0) is 21.2 Å². The lowest BCUT2D eigenvalue weighted by Gasteiger charge is -2.23. The summed E-state index contributed by atoms with van der Waals surface area (Å²) in [5.41, 5.74) is 2.23. The van der Waals surface area contributed by atoms with Gasteiger partial charge in [0.25, 0.3) is 0 Å². The van der Waals surface area contributed by atoms with Crippen LogP contribution in [0, 0.1) is 11.3 Å². The predicted molar refractivity (Wildman–Crippen MR) is 144 cm³/mol. The summed E-state index contributed by atoms with van der Waals surface area (Å²) in [6, 6.07) is 18.9. The van der Waals surface area contributed by atoms with Crippen LogP contribution in [0.15, 0.2) is 66.7 Å². The molecule has 0 saturated heterocycles. The third-order valence-corrected chi connectivity index (χ3v) is 6.16. The lowest BCUT2D eigenvalue weighted by molar-refractivity contribution is -0.192. The average molecular weight is 632 g/mol. The van der Waals surface area contributed by atoms with Gasteiger partial charge < -0.3 is 25.4 Å². The maximum atomic E-state index is 12.5. The van der Waals surface area contributed by atoms with E-state index in [4.69, 9.17) is 9.90 Å². The summed E-state index contributed by atoms with van der Waals surface area (Å²) < 4.78 is 86.5. The van der Waals surface area contributed by atoms with Gasteiger partial charge in [-0.3, -0.25) is 4.72 Å². The number of nitrogens with zero attached hydrogens (tertiary/aromatic N) is 1. The van der Waals surface area contributed by atoms with Gasteiger partial charge in [0.1, 0.15) is 11.5 Å². The quantitative estimate of drug-likeness (QED) is 0.151. The molecule has 3 aromatic carbocycles. The number of benzene rings is 3. The fourth-order valence-corrected chi connectivity index (χ4v) is 4.19. The van der Waals surface area contributed by atoms with Gasteiger partial charge in [-0.1, -0.05) is 36.4 Å². The van der Waals surface area contributed by atoms with Crippen molar-refractivity contribution in [3.63, 3.8) is 0 Å². The standard InChI is InChI=1S/C25H25F2N3O5S.C2HF3O2/c1-36(33,34)30-22-13-18(8-11-23(22)31)24(32)15-29-21(12-17-4-2-3-5-19(17)14-28)16-6-9-20(10-7-16)35-25(26)27;3-2(4,5)1(6)7/h2-11,13,21,24-25,29-32H,12,15H2,1H3;(H,6,7)/t21?,24-;/m0./s1. The number of aliphatic hydroxyl groups is 1. The van der Waals surface area contributed by atoms with Crippen LogP contribution in [0.4, 0.5) is 27.6 Å². The van der Waals surface area contributed by atoms with Gasteiger partial charge in [-0.15, -0.1) is 0 Å². The molecule has 0 aromatic heterocycles. The summed E-state index contributed by atoms with van der Waals surface area (Å²) in [6.07, 6.45) is -4.86. The number of aromatic hydroxyl groups is 1. The molecule has 232 valence electrons. The van der Waals surface area contributed by atoms with Gasteiger partial charge >= 0.3 is 18.8 Å². The molecule has 0 heterocycles. The second kappa shape index (κ2) is 15.1. The Morgan fingerprint density at radius 2 is 1.63 bits per heavy atom. The van der Waals surface area contributed by atoms with Crippen molar-refractivity contribution in [1.82, 2.24) is 5.32 Å². The zero-order chi connectivity index (χ0) is 32.4. The number of alkyl halides is 5. The largest absolute Gasteiger partial charge is 0.506 e. The molecule has 16 heteroatoms. The molecule has 0 fully saturated rings. The number of halogens is 5. The summed E-state index contributed by atoms with van der Waals surface area (Å²) in [4.78, 5) is 8.90. The van der Waals surface area contributed by atoms with Crippen molar-refractivity contribution >= 4 is 21.7 Å². The van der Waals surface area contributed by atoms with Crippen LogP contribution >= 0.6 is 0 Å². The van der Waals surface area contributed by atoms with Gasteiger partial charge in [0, 0.05) is 12.6 Å². The Hall–Kier alpha value is -4.46. The molecule has 0 aliphatic carbocycles. The molecule has 1 unspecified atom stereocenters. The van der Waals surface area contributed by atoms with Gasteiger partial charge in [-0.2, -0.15) is 27.2 Å². The molecule has 0 saturated carbocycles. The Balaban J connectivity index is 0.000000821. The maximum absolute atomic E-state index is 12.5. The van der Waals surface area contributed by atoms with Gasteiger partial charge in [0.15, 0.2) is 0 Å². The lowest BCUT2D eigenvalue weighted by atomic mass is 9.95. The highest BCUT2D eigenvalue weighted by molar-refractivity contribution is 7.92. The molecular weight excluding hydrogens is 605 g/mol. The predicted octanol–water partition coefficient (Wildman–Crippen LogP) is 4.48. The van der Waals surface area contributed by atoms with E-state index in [9.17, 15) is 45.8 Å². The van der Waals surface area contributed by atoms with Crippen molar-refractivity contribution in [2.45, 2.75) is 31.4 Å². The molecular formula is C27H26F5N3O7S. The number of ether oxygens (including phenoxy) is 1. The lowest BCUT2D eigenvalue weighted by Crippen LogP contribution is -2.28. The number of phenolic OH excluding ortho intramolecular Hbond substituents is 1. The van der Waals surface area contributed by atoms with E-state index in [2.05, 4.69) is 20.8 Å². The Morgan fingerprint density at radius 3 is 2.16 bits per heavy atom. The molecule has 0 radical (unpaired) electrons. The molecule has 0 spiro atoms. The molecule has 3 rings (SSSR count). The van der Waals surface area contributed by atoms with Crippen molar-refractivity contribution < 1.29 is 55.2 Å². The number of phenols is 1. The molecule has 2 atom stereocenters. The number of nitriles is 1. The number of nitrogens with one attached hydrogen (secondary N) is 2. The zero-order valence-electron chi connectivity index (χ0n) is 22.2. The zero-order valence-corrected chi connectivity index (χ0v) is 23.0. The van der Waals surface area contributed by atoms with E-state index in [1.165, 1.54) is 30.3 Å². The fraction of sp³-hybridized carbons (Fsp3) is 0.259. The second-order valence-corrected chi connectivity index (χ2v) is 10.6. The minimum atomic E-state index is -5.08. The molecule has 0 bridgehead atoms. The van der Waals surface area contributed by atoms with E-state index in [1.54, 1.807) is 36.4 Å². The van der Waals surface area contributed by atoms with E-state index in [1.807, 2.05) is 0 Å². The molecule has 0 amide bonds. The van der Waals surface area contributed by atoms with Crippen LogP contribution in [0.2, 0.25) is 0 Å². The SMILES string of the molecule is CS(=O)(=O)Nc1cc([C@@H](O)CNC(Cc2ccccc2C#N)c2ccc(OC(F)F)cc2)ccc1O.O=C(O)C(F)(F)F. The normalized spacial score (nSPS) is 12.8. The van der Waals surface area contributed by atoms with Gasteiger partial charge in [-0.05, 0) is 53.4 Å². The molecule has 43 heavy (non-hydrogen) atoms. The number of carboxylic acids is 1. The van der Waals surface area contributed by atoms with E-state index >= 15 is 0 Å². The molecule has 5 N–H and O–H groups in total. The first kappa shape index (κ1) is 34.7. The number of rotatable bonds is 11. The van der Waals surface area contributed by atoms with E-state index in [0.717, 1.165) is 11.8 Å².